The van der Waals surface area contributed by atoms with E-state index in [4.69, 9.17) is 9.84 Å². The van der Waals surface area contributed by atoms with Gasteiger partial charge in [-0.1, -0.05) is 12.1 Å². The molecule has 0 aromatic heterocycles. The molecule has 0 fully saturated rings. The third kappa shape index (κ3) is 7.17. The van der Waals surface area contributed by atoms with Gasteiger partial charge in [-0.25, -0.2) is 9.18 Å². The van der Waals surface area contributed by atoms with Crippen molar-refractivity contribution in [3.8, 4) is 0 Å². The Morgan fingerprint density at radius 2 is 2.05 bits per heavy atom. The molecule has 1 aromatic rings. The number of benzene rings is 1. The minimum Gasteiger partial charge on any atom is -0.480 e. The number of halogens is 1. The van der Waals surface area contributed by atoms with Crippen molar-refractivity contribution in [2.75, 3.05) is 6.61 Å². The van der Waals surface area contributed by atoms with E-state index in [1.807, 2.05) is 20.8 Å². The van der Waals surface area contributed by atoms with E-state index in [9.17, 15) is 14.0 Å². The maximum Gasteiger partial charge on any atom is 0.326 e. The van der Waals surface area contributed by atoms with Crippen LogP contribution in [0.4, 0.5) is 4.39 Å². The van der Waals surface area contributed by atoms with E-state index in [2.05, 4.69) is 5.32 Å². The third-order valence-electron chi connectivity index (χ3n) is 2.83. The maximum absolute atomic E-state index is 13.0. The van der Waals surface area contributed by atoms with Gasteiger partial charge in [-0.2, -0.15) is 0 Å². The van der Waals surface area contributed by atoms with Gasteiger partial charge >= 0.3 is 5.97 Å². The second-order valence-electron chi connectivity index (χ2n) is 6.01. The highest BCUT2D eigenvalue weighted by molar-refractivity contribution is 5.84. The summed E-state index contributed by atoms with van der Waals surface area (Å²) in [6.45, 7) is 5.82. The fourth-order valence-corrected chi connectivity index (χ4v) is 1.82. The van der Waals surface area contributed by atoms with Crippen molar-refractivity contribution in [1.29, 1.82) is 0 Å². The summed E-state index contributed by atoms with van der Waals surface area (Å²) in [5.74, 6) is -2.02. The molecule has 1 amide bonds. The second kappa shape index (κ2) is 7.89. The summed E-state index contributed by atoms with van der Waals surface area (Å²) in [5.41, 5.74) is 0.127. The van der Waals surface area contributed by atoms with E-state index in [0.717, 1.165) is 0 Å². The molecule has 0 heterocycles. The first-order valence-electron chi connectivity index (χ1n) is 7.08. The molecule has 5 nitrogen and oxygen atoms in total. The molecule has 0 aliphatic carbocycles. The summed E-state index contributed by atoms with van der Waals surface area (Å²) in [6, 6.07) is 4.62. The highest BCUT2D eigenvalue weighted by atomic mass is 19.1. The molecule has 0 saturated heterocycles. The minimum atomic E-state index is -1.12. The van der Waals surface area contributed by atoms with E-state index in [1.165, 1.54) is 18.2 Å². The molecule has 0 aliphatic rings. The van der Waals surface area contributed by atoms with E-state index in [0.29, 0.717) is 5.56 Å². The fraction of sp³-hybridized carbons (Fsp3) is 0.500. The first-order valence-corrected chi connectivity index (χ1v) is 7.08. The summed E-state index contributed by atoms with van der Waals surface area (Å²) in [4.78, 5) is 23.0. The van der Waals surface area contributed by atoms with Gasteiger partial charge in [0.25, 0.3) is 0 Å². The van der Waals surface area contributed by atoms with Crippen LogP contribution in [0, 0.1) is 5.82 Å². The van der Waals surface area contributed by atoms with E-state index in [1.54, 1.807) is 6.07 Å². The van der Waals surface area contributed by atoms with Gasteiger partial charge in [0.2, 0.25) is 5.91 Å². The molecule has 2 N–H and O–H groups in total. The third-order valence-corrected chi connectivity index (χ3v) is 2.83. The Hall–Kier alpha value is -1.95. The van der Waals surface area contributed by atoms with Crippen LogP contribution in [0.2, 0.25) is 0 Å². The van der Waals surface area contributed by atoms with Gasteiger partial charge in [-0.15, -0.1) is 0 Å². The predicted octanol–water partition coefficient (Wildman–Crippen LogP) is 2.14. The zero-order chi connectivity index (χ0) is 16.8. The molecule has 0 saturated carbocycles. The van der Waals surface area contributed by atoms with Gasteiger partial charge in [0, 0.05) is 13.0 Å². The van der Waals surface area contributed by atoms with Crippen LogP contribution in [0.3, 0.4) is 0 Å². The molecule has 1 atom stereocenters. The summed E-state index contributed by atoms with van der Waals surface area (Å²) in [5, 5.41) is 11.6. The summed E-state index contributed by atoms with van der Waals surface area (Å²) < 4.78 is 18.5. The van der Waals surface area contributed by atoms with Crippen LogP contribution in [0.1, 0.15) is 32.8 Å². The second-order valence-corrected chi connectivity index (χ2v) is 6.01. The smallest absolute Gasteiger partial charge is 0.326 e. The van der Waals surface area contributed by atoms with E-state index < -0.39 is 23.7 Å². The molecule has 0 aliphatic heterocycles. The molecule has 0 radical (unpaired) electrons. The lowest BCUT2D eigenvalue weighted by atomic mass is 10.1. The number of rotatable bonds is 7. The number of carbonyl (C=O) groups is 2. The Bertz CT molecular complexity index is 525. The van der Waals surface area contributed by atoms with Gasteiger partial charge in [-0.3, -0.25) is 4.79 Å². The highest BCUT2D eigenvalue weighted by Gasteiger charge is 2.21. The Balaban J connectivity index is 2.52. The Kier molecular flexibility index (Phi) is 6.49. The normalized spacial score (nSPS) is 12.7. The van der Waals surface area contributed by atoms with Crippen LogP contribution in [-0.2, 0) is 20.7 Å². The van der Waals surface area contributed by atoms with Crippen molar-refractivity contribution in [1.82, 2.24) is 5.32 Å². The van der Waals surface area contributed by atoms with Crippen molar-refractivity contribution < 1.29 is 23.8 Å². The molecular weight excluding hydrogens is 289 g/mol. The van der Waals surface area contributed by atoms with Gasteiger partial charge in [0.05, 0.1) is 12.0 Å². The quantitative estimate of drug-likeness (QED) is 0.809. The lowest BCUT2D eigenvalue weighted by Gasteiger charge is -2.21. The summed E-state index contributed by atoms with van der Waals surface area (Å²) in [6.07, 6.45) is 0.100. The van der Waals surface area contributed by atoms with Crippen LogP contribution in [0.25, 0.3) is 0 Å². The van der Waals surface area contributed by atoms with E-state index >= 15 is 0 Å². The first-order chi connectivity index (χ1) is 10.2. The van der Waals surface area contributed by atoms with Gasteiger partial charge in [0.1, 0.15) is 11.9 Å². The first kappa shape index (κ1) is 18.1. The number of aliphatic carboxylic acids is 1. The minimum absolute atomic E-state index is 0.0678. The number of ether oxygens (including phenoxy) is 1. The van der Waals surface area contributed by atoms with Crippen molar-refractivity contribution in [3.63, 3.8) is 0 Å². The fourth-order valence-electron chi connectivity index (χ4n) is 1.82. The molecule has 1 unspecified atom stereocenters. The largest absolute Gasteiger partial charge is 0.480 e. The van der Waals surface area contributed by atoms with E-state index in [-0.39, 0.29) is 25.0 Å². The monoisotopic (exact) mass is 311 g/mol. The molecule has 0 spiro atoms. The number of hydrogen-bond acceptors (Lipinski definition) is 3. The number of nitrogens with one attached hydrogen (secondary N) is 1. The lowest BCUT2D eigenvalue weighted by molar-refractivity contribution is -0.142. The molecule has 6 heteroatoms. The standard InChI is InChI=1S/C16H22FNO4/c1-16(2,3)22-8-7-13(15(20)21)18-14(19)10-11-5-4-6-12(17)9-11/h4-6,9,13H,7-8,10H2,1-3H3,(H,18,19)(H,20,21). The van der Waals surface area contributed by atoms with Gasteiger partial charge < -0.3 is 15.2 Å². The van der Waals surface area contributed by atoms with Crippen molar-refractivity contribution >= 4 is 11.9 Å². The predicted molar refractivity (Wildman–Crippen MR) is 80.0 cm³/mol. The van der Waals surface area contributed by atoms with Crippen molar-refractivity contribution in [3.05, 3.63) is 35.6 Å². The van der Waals surface area contributed by atoms with Crippen LogP contribution in [-0.4, -0.2) is 35.2 Å². The molecular formula is C16H22FNO4. The molecule has 0 bridgehead atoms. The average molecular weight is 311 g/mol. The van der Waals surface area contributed by atoms with Gasteiger partial charge in [-0.05, 0) is 38.5 Å². The van der Waals surface area contributed by atoms with Crippen LogP contribution < -0.4 is 5.32 Å². The SMILES string of the molecule is CC(C)(C)OCCC(NC(=O)Cc1cccc(F)c1)C(=O)O. The van der Waals surface area contributed by atoms with Crippen LogP contribution >= 0.6 is 0 Å². The zero-order valence-corrected chi connectivity index (χ0v) is 13.1. The van der Waals surface area contributed by atoms with Crippen molar-refractivity contribution in [2.24, 2.45) is 0 Å². The molecule has 22 heavy (non-hydrogen) atoms. The highest BCUT2D eigenvalue weighted by Crippen LogP contribution is 2.08. The Morgan fingerprint density at radius 3 is 2.59 bits per heavy atom. The Morgan fingerprint density at radius 1 is 1.36 bits per heavy atom. The number of amides is 1. The number of carbonyl (C=O) groups excluding carboxylic acids is 1. The van der Waals surface area contributed by atoms with Crippen LogP contribution in [0.5, 0.6) is 0 Å². The number of carboxylic acid groups (broad SMARTS) is 1. The Labute approximate surface area is 129 Å². The number of hydrogen-bond donors (Lipinski definition) is 2. The summed E-state index contributed by atoms with van der Waals surface area (Å²) in [7, 11) is 0. The molecule has 1 rings (SSSR count). The topological polar surface area (TPSA) is 75.6 Å². The van der Waals surface area contributed by atoms with Crippen LogP contribution in [0.15, 0.2) is 24.3 Å². The lowest BCUT2D eigenvalue weighted by Crippen LogP contribution is -2.42. The van der Waals surface area contributed by atoms with Gasteiger partial charge in [0.15, 0.2) is 0 Å². The molecule has 122 valence electrons. The van der Waals surface area contributed by atoms with Crippen molar-refractivity contribution in [2.45, 2.75) is 45.3 Å². The number of carboxylic acids is 1. The maximum atomic E-state index is 13.0. The zero-order valence-electron chi connectivity index (χ0n) is 13.1. The average Bonchev–Trinajstić information content (AvgIpc) is 2.35. The molecule has 1 aromatic carbocycles. The summed E-state index contributed by atoms with van der Waals surface area (Å²) >= 11 is 0.